The van der Waals surface area contributed by atoms with Gasteiger partial charge in [0.15, 0.2) is 5.69 Å². The number of benzene rings is 1. The third kappa shape index (κ3) is 3.74. The van der Waals surface area contributed by atoms with Crippen molar-refractivity contribution in [2.75, 3.05) is 11.9 Å². The van der Waals surface area contributed by atoms with E-state index in [1.807, 2.05) is 31.2 Å². The lowest BCUT2D eigenvalue weighted by Crippen LogP contribution is -2.13. The molecule has 0 atom stereocenters. The van der Waals surface area contributed by atoms with Crippen LogP contribution >= 0.6 is 0 Å². The van der Waals surface area contributed by atoms with E-state index in [-0.39, 0.29) is 0 Å². The summed E-state index contributed by atoms with van der Waals surface area (Å²) in [6.07, 6.45) is -3.05. The highest BCUT2D eigenvalue weighted by atomic mass is 19.4. The Hall–Kier alpha value is -1.98. The molecule has 102 valence electrons. The Labute approximate surface area is 109 Å². The predicted molar refractivity (Wildman–Crippen MR) is 66.9 cm³/mol. The van der Waals surface area contributed by atoms with Crippen LogP contribution in [-0.2, 0) is 12.7 Å². The molecule has 0 unspecified atom stereocenters. The highest BCUT2D eigenvalue weighted by Crippen LogP contribution is 2.27. The van der Waals surface area contributed by atoms with Crippen LogP contribution in [0.5, 0.6) is 0 Å². The number of hydrogen-bond donors (Lipinski definition) is 1. The first-order valence-corrected chi connectivity index (χ1v) is 5.86. The van der Waals surface area contributed by atoms with Crippen molar-refractivity contribution in [3.8, 4) is 0 Å². The lowest BCUT2D eigenvalue weighted by atomic mass is 10.2. The summed E-state index contributed by atoms with van der Waals surface area (Å²) in [6.45, 7) is 2.88. The van der Waals surface area contributed by atoms with Gasteiger partial charge in [0.25, 0.3) is 0 Å². The van der Waals surface area contributed by atoms with Gasteiger partial charge in [-0.3, -0.25) is 4.68 Å². The van der Waals surface area contributed by atoms with Gasteiger partial charge in [0.2, 0.25) is 0 Å². The first-order chi connectivity index (χ1) is 8.95. The monoisotopic (exact) mass is 269 g/mol. The molecule has 6 heteroatoms. The first kappa shape index (κ1) is 13.5. The Morgan fingerprint density at radius 3 is 2.68 bits per heavy atom. The van der Waals surface area contributed by atoms with Crippen LogP contribution in [0.1, 0.15) is 11.3 Å². The number of aryl methyl sites for hydroxylation is 1. The van der Waals surface area contributed by atoms with Crippen LogP contribution in [0.4, 0.5) is 18.9 Å². The average Bonchev–Trinajstić information content (AvgIpc) is 2.77. The van der Waals surface area contributed by atoms with Crippen molar-refractivity contribution >= 4 is 5.69 Å². The van der Waals surface area contributed by atoms with E-state index in [0.29, 0.717) is 13.1 Å². The van der Waals surface area contributed by atoms with Gasteiger partial charge in [-0.2, -0.15) is 18.3 Å². The summed E-state index contributed by atoms with van der Waals surface area (Å²) in [5, 5.41) is 6.62. The van der Waals surface area contributed by atoms with Gasteiger partial charge in [-0.25, -0.2) is 0 Å². The molecule has 2 rings (SSSR count). The van der Waals surface area contributed by atoms with Crippen molar-refractivity contribution < 1.29 is 13.2 Å². The molecule has 1 heterocycles. The van der Waals surface area contributed by atoms with E-state index in [4.69, 9.17) is 0 Å². The van der Waals surface area contributed by atoms with Crippen molar-refractivity contribution in [3.63, 3.8) is 0 Å². The molecule has 3 nitrogen and oxygen atoms in total. The second-order valence-corrected chi connectivity index (χ2v) is 4.26. The summed E-state index contributed by atoms with van der Waals surface area (Å²) in [5.74, 6) is 0. The summed E-state index contributed by atoms with van der Waals surface area (Å²) in [7, 11) is 0. The van der Waals surface area contributed by atoms with Gasteiger partial charge in [0, 0.05) is 18.4 Å². The normalized spacial score (nSPS) is 11.6. The molecule has 0 spiro atoms. The quantitative estimate of drug-likeness (QED) is 0.922. The number of hydrogen-bond acceptors (Lipinski definition) is 2. The van der Waals surface area contributed by atoms with Gasteiger partial charge >= 0.3 is 6.18 Å². The topological polar surface area (TPSA) is 29.9 Å². The molecule has 0 aliphatic carbocycles. The lowest BCUT2D eigenvalue weighted by Gasteiger charge is -2.07. The smallest absolute Gasteiger partial charge is 0.383 e. The molecule has 1 N–H and O–H groups in total. The van der Waals surface area contributed by atoms with Crippen molar-refractivity contribution in [2.24, 2.45) is 0 Å². The zero-order chi connectivity index (χ0) is 13.9. The number of nitrogens with one attached hydrogen (secondary N) is 1. The molecule has 0 aliphatic rings. The van der Waals surface area contributed by atoms with Crippen LogP contribution in [0.25, 0.3) is 0 Å². The maximum atomic E-state index is 12.3. The van der Waals surface area contributed by atoms with E-state index in [9.17, 15) is 13.2 Å². The number of nitrogens with zero attached hydrogens (tertiary/aromatic N) is 2. The van der Waals surface area contributed by atoms with Gasteiger partial charge < -0.3 is 5.32 Å². The number of halogens is 3. The largest absolute Gasteiger partial charge is 0.435 e. The van der Waals surface area contributed by atoms with E-state index < -0.39 is 11.9 Å². The Kier molecular flexibility index (Phi) is 3.78. The number of anilines is 1. The highest BCUT2D eigenvalue weighted by molar-refractivity contribution is 5.45. The summed E-state index contributed by atoms with van der Waals surface area (Å²) >= 11 is 0. The molecule has 0 aliphatic heterocycles. The molecule has 19 heavy (non-hydrogen) atoms. The van der Waals surface area contributed by atoms with Gasteiger partial charge in [-0.1, -0.05) is 12.1 Å². The van der Waals surface area contributed by atoms with Crippen LogP contribution < -0.4 is 5.32 Å². The molecule has 0 amide bonds. The third-order valence-corrected chi connectivity index (χ3v) is 2.62. The molecule has 1 aromatic carbocycles. The van der Waals surface area contributed by atoms with Crippen molar-refractivity contribution in [2.45, 2.75) is 19.6 Å². The second kappa shape index (κ2) is 5.34. The van der Waals surface area contributed by atoms with Gasteiger partial charge in [-0.05, 0) is 30.7 Å². The fourth-order valence-corrected chi connectivity index (χ4v) is 1.71. The molecular weight excluding hydrogens is 255 g/mol. The highest BCUT2D eigenvalue weighted by Gasteiger charge is 2.33. The molecule has 0 saturated carbocycles. The maximum absolute atomic E-state index is 12.3. The van der Waals surface area contributed by atoms with E-state index in [1.165, 1.54) is 10.9 Å². The number of aromatic nitrogens is 2. The molecule has 1 aromatic heterocycles. The zero-order valence-electron chi connectivity index (χ0n) is 10.4. The molecule has 0 radical (unpaired) electrons. The summed E-state index contributed by atoms with van der Waals surface area (Å²) in [4.78, 5) is 0. The fourth-order valence-electron chi connectivity index (χ4n) is 1.71. The first-order valence-electron chi connectivity index (χ1n) is 5.86. The Morgan fingerprint density at radius 2 is 2.05 bits per heavy atom. The third-order valence-electron chi connectivity index (χ3n) is 2.62. The van der Waals surface area contributed by atoms with E-state index in [1.54, 1.807) is 0 Å². The van der Waals surface area contributed by atoms with Crippen LogP contribution in [0, 0.1) is 6.92 Å². The fraction of sp³-hybridized carbons (Fsp3) is 0.308. The predicted octanol–water partition coefficient (Wildman–Crippen LogP) is 3.32. The van der Waals surface area contributed by atoms with Crippen LogP contribution in [-0.4, -0.2) is 16.3 Å². The van der Waals surface area contributed by atoms with Gasteiger partial charge in [-0.15, -0.1) is 0 Å². The molecule has 0 fully saturated rings. The Balaban J connectivity index is 1.88. The average molecular weight is 269 g/mol. The van der Waals surface area contributed by atoms with E-state index >= 15 is 0 Å². The van der Waals surface area contributed by atoms with E-state index in [2.05, 4.69) is 10.4 Å². The summed E-state index contributed by atoms with van der Waals surface area (Å²) in [6, 6.07) is 8.77. The van der Waals surface area contributed by atoms with Crippen molar-refractivity contribution in [1.29, 1.82) is 0 Å². The second-order valence-electron chi connectivity index (χ2n) is 4.26. The molecule has 2 aromatic rings. The van der Waals surface area contributed by atoms with Crippen LogP contribution in [0.3, 0.4) is 0 Å². The SMILES string of the molecule is Cc1cccc(NCCn2ccc(C(F)(F)F)n2)c1. The minimum absolute atomic E-state index is 0.379. The Bertz CT molecular complexity index is 546. The minimum atomic E-state index is -4.38. The number of alkyl halides is 3. The standard InChI is InChI=1S/C13H14F3N3/c1-10-3-2-4-11(9-10)17-6-8-19-7-5-12(18-19)13(14,15)16/h2-5,7,9,17H,6,8H2,1H3. The minimum Gasteiger partial charge on any atom is -0.383 e. The Morgan fingerprint density at radius 1 is 1.26 bits per heavy atom. The van der Waals surface area contributed by atoms with Gasteiger partial charge in [0.1, 0.15) is 0 Å². The summed E-state index contributed by atoms with van der Waals surface area (Å²) < 4.78 is 38.3. The van der Waals surface area contributed by atoms with Crippen LogP contribution in [0.15, 0.2) is 36.5 Å². The molecule has 0 saturated heterocycles. The maximum Gasteiger partial charge on any atom is 0.435 e. The molecular formula is C13H14F3N3. The number of rotatable bonds is 4. The lowest BCUT2D eigenvalue weighted by molar-refractivity contribution is -0.141. The van der Waals surface area contributed by atoms with Crippen molar-refractivity contribution in [1.82, 2.24) is 9.78 Å². The van der Waals surface area contributed by atoms with Crippen molar-refractivity contribution in [3.05, 3.63) is 47.8 Å². The van der Waals surface area contributed by atoms with Crippen LogP contribution in [0.2, 0.25) is 0 Å². The zero-order valence-corrected chi connectivity index (χ0v) is 10.4. The molecule has 0 bridgehead atoms. The van der Waals surface area contributed by atoms with Gasteiger partial charge in [0.05, 0.1) is 6.54 Å². The van der Waals surface area contributed by atoms with E-state index in [0.717, 1.165) is 17.3 Å². The summed E-state index contributed by atoms with van der Waals surface area (Å²) in [5.41, 5.74) is 1.22.